The Hall–Kier alpha value is -2.04. The van der Waals surface area contributed by atoms with Gasteiger partial charge in [-0.3, -0.25) is 4.79 Å². The number of nitrogens with one attached hydrogen (secondary N) is 2. The van der Waals surface area contributed by atoms with Crippen LogP contribution in [0.2, 0.25) is 10.0 Å². The minimum Gasteiger partial charge on any atom is -0.353 e. The van der Waals surface area contributed by atoms with E-state index in [1.54, 1.807) is 30.3 Å². The summed E-state index contributed by atoms with van der Waals surface area (Å²) < 4.78 is 0. The van der Waals surface area contributed by atoms with Crippen molar-refractivity contribution < 1.29 is 4.79 Å². The van der Waals surface area contributed by atoms with Crippen LogP contribution in [-0.2, 0) is 0 Å². The van der Waals surface area contributed by atoms with Crippen LogP contribution in [0.15, 0.2) is 53.5 Å². The number of nitrogens with zero attached hydrogens (tertiary/aromatic N) is 1. The van der Waals surface area contributed by atoms with Gasteiger partial charge in [0.25, 0.3) is 0 Å². The maximum Gasteiger partial charge on any atom is 0.196 e. The van der Waals surface area contributed by atoms with Crippen LogP contribution in [0.3, 0.4) is 0 Å². The molecule has 6 heteroatoms. The van der Waals surface area contributed by atoms with E-state index >= 15 is 0 Å². The molecule has 2 N–H and O–H groups in total. The summed E-state index contributed by atoms with van der Waals surface area (Å²) in [7, 11) is 0. The fourth-order valence-corrected chi connectivity index (χ4v) is 2.69. The Morgan fingerprint density at radius 2 is 1.77 bits per heavy atom. The maximum absolute atomic E-state index is 12.4. The zero-order valence-electron chi connectivity index (χ0n) is 11.5. The summed E-state index contributed by atoms with van der Waals surface area (Å²) >= 11 is 12.2. The molecule has 2 aromatic carbocycles. The molecule has 0 spiro atoms. The standard InChI is InChI=1S/C16H13Cl2N3O/c17-11-7-4-8-12(18)14(11)21-16-19-9-13(20-16)15(22)10-5-2-1-3-6-10/h1-8,13H,9H2,(H2,19,20,21). The Morgan fingerprint density at radius 1 is 1.09 bits per heavy atom. The van der Waals surface area contributed by atoms with E-state index in [1.807, 2.05) is 18.2 Å². The molecule has 22 heavy (non-hydrogen) atoms. The summed E-state index contributed by atoms with van der Waals surface area (Å²) in [5.74, 6) is 0.472. The number of hydrogen-bond acceptors (Lipinski definition) is 4. The number of guanidine groups is 1. The predicted octanol–water partition coefficient (Wildman–Crippen LogP) is 3.62. The number of Topliss-reactive ketones (excluding diaryl/α,β-unsaturated/α-hetero) is 1. The highest BCUT2D eigenvalue weighted by Crippen LogP contribution is 2.29. The first-order chi connectivity index (χ1) is 10.6. The average molecular weight is 334 g/mol. The number of aliphatic imine (C=N–C) groups is 1. The van der Waals surface area contributed by atoms with Crippen molar-refractivity contribution in [1.82, 2.24) is 5.32 Å². The third-order valence-corrected chi connectivity index (χ3v) is 3.94. The summed E-state index contributed by atoms with van der Waals surface area (Å²) in [5.41, 5.74) is 1.22. The third-order valence-electron chi connectivity index (χ3n) is 3.31. The Morgan fingerprint density at radius 3 is 2.45 bits per heavy atom. The lowest BCUT2D eigenvalue weighted by molar-refractivity contribution is 0.0967. The van der Waals surface area contributed by atoms with Crippen molar-refractivity contribution in [2.75, 3.05) is 11.9 Å². The molecule has 0 radical (unpaired) electrons. The molecule has 4 nitrogen and oxygen atoms in total. The lowest BCUT2D eigenvalue weighted by Crippen LogP contribution is -2.29. The molecule has 0 aliphatic carbocycles. The van der Waals surface area contributed by atoms with Crippen molar-refractivity contribution in [1.29, 1.82) is 0 Å². The number of hydrogen-bond donors (Lipinski definition) is 2. The van der Waals surface area contributed by atoms with Crippen LogP contribution in [0.1, 0.15) is 10.4 Å². The van der Waals surface area contributed by atoms with E-state index < -0.39 is 6.04 Å². The van der Waals surface area contributed by atoms with Gasteiger partial charge >= 0.3 is 0 Å². The second-order valence-corrected chi connectivity index (χ2v) is 5.64. The van der Waals surface area contributed by atoms with Gasteiger partial charge < -0.3 is 10.6 Å². The highest BCUT2D eigenvalue weighted by molar-refractivity contribution is 6.39. The van der Waals surface area contributed by atoms with Gasteiger partial charge in [-0.05, 0) is 12.1 Å². The van der Waals surface area contributed by atoms with Gasteiger partial charge in [0.2, 0.25) is 0 Å². The largest absolute Gasteiger partial charge is 0.353 e. The Bertz CT molecular complexity index is 711. The Labute approximate surface area is 138 Å². The van der Waals surface area contributed by atoms with Gasteiger partial charge in [-0.25, -0.2) is 4.99 Å². The maximum atomic E-state index is 12.4. The first-order valence-corrected chi connectivity index (χ1v) is 7.53. The number of halogens is 2. The van der Waals surface area contributed by atoms with Gasteiger partial charge in [-0.15, -0.1) is 0 Å². The van der Waals surface area contributed by atoms with Crippen molar-refractivity contribution in [3.63, 3.8) is 0 Å². The number of carbonyl (C=O) groups excluding carboxylic acids is 1. The van der Waals surface area contributed by atoms with Crippen molar-refractivity contribution in [2.45, 2.75) is 6.04 Å². The monoisotopic (exact) mass is 333 g/mol. The zero-order valence-corrected chi connectivity index (χ0v) is 13.0. The van der Waals surface area contributed by atoms with Crippen LogP contribution < -0.4 is 10.6 Å². The molecule has 0 bridgehead atoms. The topological polar surface area (TPSA) is 53.5 Å². The highest BCUT2D eigenvalue weighted by atomic mass is 35.5. The van der Waals surface area contributed by atoms with Crippen LogP contribution >= 0.6 is 23.2 Å². The molecule has 3 rings (SSSR count). The van der Waals surface area contributed by atoms with E-state index in [2.05, 4.69) is 15.6 Å². The van der Waals surface area contributed by atoms with Crippen LogP contribution in [0.4, 0.5) is 5.69 Å². The number of rotatable bonds is 3. The second kappa shape index (κ2) is 6.38. The Balaban J connectivity index is 1.76. The van der Waals surface area contributed by atoms with E-state index in [1.165, 1.54) is 0 Å². The summed E-state index contributed by atoms with van der Waals surface area (Å²) in [6.45, 7) is 0.443. The highest BCUT2D eigenvalue weighted by Gasteiger charge is 2.25. The van der Waals surface area contributed by atoms with E-state index in [0.717, 1.165) is 0 Å². The molecule has 112 valence electrons. The number of anilines is 1. The Kier molecular flexibility index (Phi) is 4.32. The van der Waals surface area contributed by atoms with Gasteiger partial charge in [-0.1, -0.05) is 59.6 Å². The fourth-order valence-electron chi connectivity index (χ4n) is 2.20. The fraction of sp³-hybridized carbons (Fsp3) is 0.125. The molecule has 0 saturated carbocycles. The summed E-state index contributed by atoms with van der Waals surface area (Å²) in [4.78, 5) is 16.7. The minimum atomic E-state index is -0.453. The van der Waals surface area contributed by atoms with Crippen LogP contribution in [0.25, 0.3) is 0 Å². The van der Waals surface area contributed by atoms with Crippen molar-refractivity contribution in [3.05, 3.63) is 64.1 Å². The molecule has 0 saturated heterocycles. The minimum absolute atomic E-state index is 0.0184. The van der Waals surface area contributed by atoms with Gasteiger partial charge in [-0.2, -0.15) is 0 Å². The number of carbonyl (C=O) groups is 1. The SMILES string of the molecule is O=C(c1ccccc1)C1CNC(Nc2c(Cl)cccc2Cl)=N1. The average Bonchev–Trinajstić information content (AvgIpc) is 3.00. The zero-order chi connectivity index (χ0) is 15.5. The van der Waals surface area contributed by atoms with E-state index in [9.17, 15) is 4.79 Å². The number of benzene rings is 2. The van der Waals surface area contributed by atoms with Crippen LogP contribution in [0.5, 0.6) is 0 Å². The van der Waals surface area contributed by atoms with E-state index in [-0.39, 0.29) is 5.78 Å². The number of para-hydroxylation sites is 1. The molecule has 0 fully saturated rings. The van der Waals surface area contributed by atoms with E-state index in [0.29, 0.717) is 33.8 Å². The van der Waals surface area contributed by atoms with Gasteiger partial charge in [0.15, 0.2) is 11.7 Å². The quantitative estimate of drug-likeness (QED) is 0.843. The molecular weight excluding hydrogens is 321 g/mol. The molecule has 0 aromatic heterocycles. The molecule has 2 aromatic rings. The van der Waals surface area contributed by atoms with Gasteiger partial charge in [0.05, 0.1) is 15.7 Å². The van der Waals surface area contributed by atoms with Crippen LogP contribution in [-0.4, -0.2) is 24.3 Å². The first kappa shape index (κ1) is 14.9. The molecule has 1 unspecified atom stereocenters. The third kappa shape index (κ3) is 3.08. The number of ketones is 1. The van der Waals surface area contributed by atoms with E-state index in [4.69, 9.17) is 23.2 Å². The second-order valence-electron chi connectivity index (χ2n) is 4.83. The van der Waals surface area contributed by atoms with Gasteiger partial charge in [0.1, 0.15) is 6.04 Å². The predicted molar refractivity (Wildman–Crippen MR) is 90.1 cm³/mol. The van der Waals surface area contributed by atoms with Crippen molar-refractivity contribution in [2.24, 2.45) is 4.99 Å². The lowest BCUT2D eigenvalue weighted by atomic mass is 10.1. The van der Waals surface area contributed by atoms with Crippen molar-refractivity contribution >= 4 is 40.6 Å². The van der Waals surface area contributed by atoms with Crippen LogP contribution in [0, 0.1) is 0 Å². The molecule has 1 aliphatic rings. The smallest absolute Gasteiger partial charge is 0.196 e. The molecule has 1 heterocycles. The molecular formula is C16H13Cl2N3O. The molecule has 1 aliphatic heterocycles. The first-order valence-electron chi connectivity index (χ1n) is 6.77. The molecule has 0 amide bonds. The normalized spacial score (nSPS) is 16.8. The van der Waals surface area contributed by atoms with Crippen molar-refractivity contribution in [3.8, 4) is 0 Å². The summed E-state index contributed by atoms with van der Waals surface area (Å²) in [5, 5.41) is 7.09. The van der Waals surface area contributed by atoms with Gasteiger partial charge in [0, 0.05) is 12.1 Å². The summed E-state index contributed by atoms with van der Waals surface area (Å²) in [6.07, 6.45) is 0. The molecule has 1 atom stereocenters. The lowest BCUT2D eigenvalue weighted by Gasteiger charge is -2.09. The summed E-state index contributed by atoms with van der Waals surface area (Å²) in [6, 6.07) is 13.9.